The Hall–Kier alpha value is -1.87. The van der Waals surface area contributed by atoms with Crippen molar-refractivity contribution in [2.75, 3.05) is 6.61 Å². The summed E-state index contributed by atoms with van der Waals surface area (Å²) >= 11 is 0. The van der Waals surface area contributed by atoms with Gasteiger partial charge in [-0.05, 0) is 25.5 Å². The molecule has 1 N–H and O–H groups in total. The molecule has 2 aliphatic heterocycles. The Kier molecular flexibility index (Phi) is 4.28. The first-order chi connectivity index (χ1) is 12.1. The molecule has 8 heteroatoms. The van der Waals surface area contributed by atoms with Crippen LogP contribution in [0.5, 0.6) is 0 Å². The molecule has 4 atom stereocenters. The number of rotatable bonds is 5. The molecule has 1 aromatic carbocycles. The number of fused-ring (bicyclic) bond motifs is 1. The quantitative estimate of drug-likeness (QED) is 0.864. The van der Waals surface area contributed by atoms with E-state index in [1.165, 1.54) is 0 Å². The minimum atomic E-state index is -0.656. The highest BCUT2D eigenvalue weighted by atomic mass is 16.8. The van der Waals surface area contributed by atoms with Crippen molar-refractivity contribution in [1.29, 1.82) is 0 Å². The molecule has 0 spiro atoms. The first kappa shape index (κ1) is 16.6. The average molecular weight is 346 g/mol. The number of aliphatic hydroxyl groups excluding tert-OH is 1. The van der Waals surface area contributed by atoms with Crippen LogP contribution in [0.1, 0.15) is 20.3 Å². The molecule has 0 unspecified atom stereocenters. The number of aryl methyl sites for hydroxylation is 1. The lowest BCUT2D eigenvalue weighted by molar-refractivity contribution is -0.191. The van der Waals surface area contributed by atoms with E-state index in [4.69, 9.17) is 14.2 Å². The van der Waals surface area contributed by atoms with Crippen molar-refractivity contribution in [1.82, 2.24) is 20.2 Å². The van der Waals surface area contributed by atoms with Crippen LogP contribution in [0.3, 0.4) is 0 Å². The normalized spacial score (nSPS) is 30.5. The summed E-state index contributed by atoms with van der Waals surface area (Å²) in [5.74, 6) is -0.0582. The second kappa shape index (κ2) is 6.45. The lowest BCUT2D eigenvalue weighted by Gasteiger charge is -2.23. The van der Waals surface area contributed by atoms with Gasteiger partial charge in [0.15, 0.2) is 5.79 Å². The van der Waals surface area contributed by atoms with Crippen LogP contribution in [0.15, 0.2) is 30.3 Å². The van der Waals surface area contributed by atoms with Crippen LogP contribution in [-0.4, -0.2) is 62.1 Å². The molecule has 0 saturated carbocycles. The Balaban J connectivity index is 1.41. The second-order valence-electron chi connectivity index (χ2n) is 6.82. The average Bonchev–Trinajstić information content (AvgIpc) is 3.27. The van der Waals surface area contributed by atoms with Gasteiger partial charge in [0.25, 0.3) is 0 Å². The topological polar surface area (TPSA) is 91.5 Å². The number of aromatic nitrogens is 4. The molecule has 0 radical (unpaired) electrons. The van der Waals surface area contributed by atoms with Gasteiger partial charge in [0.1, 0.15) is 18.3 Å². The van der Waals surface area contributed by atoms with Crippen molar-refractivity contribution >= 4 is 0 Å². The monoisotopic (exact) mass is 346 g/mol. The summed E-state index contributed by atoms with van der Waals surface area (Å²) in [6.45, 7) is 4.22. The zero-order valence-electron chi connectivity index (χ0n) is 14.3. The van der Waals surface area contributed by atoms with Crippen molar-refractivity contribution < 1.29 is 19.3 Å². The Bertz CT molecular complexity index is 720. The smallest absolute Gasteiger partial charge is 0.204 e. The fourth-order valence-electron chi connectivity index (χ4n) is 3.43. The highest BCUT2D eigenvalue weighted by molar-refractivity contribution is 5.52. The van der Waals surface area contributed by atoms with E-state index >= 15 is 0 Å². The highest BCUT2D eigenvalue weighted by Crippen LogP contribution is 2.39. The molecular weight excluding hydrogens is 324 g/mol. The molecule has 3 heterocycles. The van der Waals surface area contributed by atoms with Crippen molar-refractivity contribution in [3.63, 3.8) is 0 Å². The summed E-state index contributed by atoms with van der Waals surface area (Å²) in [6, 6.07) is 9.73. The number of hydrogen-bond donors (Lipinski definition) is 1. The van der Waals surface area contributed by atoms with E-state index in [0.717, 1.165) is 5.56 Å². The summed E-state index contributed by atoms with van der Waals surface area (Å²) in [5, 5.41) is 22.1. The van der Waals surface area contributed by atoms with E-state index in [0.29, 0.717) is 18.8 Å². The molecule has 2 saturated heterocycles. The van der Waals surface area contributed by atoms with E-state index in [1.54, 1.807) is 4.80 Å². The van der Waals surface area contributed by atoms with Gasteiger partial charge in [-0.25, -0.2) is 0 Å². The van der Waals surface area contributed by atoms with Gasteiger partial charge in [-0.2, -0.15) is 4.80 Å². The minimum Gasteiger partial charge on any atom is -0.394 e. The molecule has 0 bridgehead atoms. The molecule has 25 heavy (non-hydrogen) atoms. The largest absolute Gasteiger partial charge is 0.394 e. The van der Waals surface area contributed by atoms with Crippen molar-refractivity contribution in [3.05, 3.63) is 30.3 Å². The lowest BCUT2D eigenvalue weighted by atomic mass is 10.1. The Morgan fingerprint density at radius 3 is 2.56 bits per heavy atom. The van der Waals surface area contributed by atoms with E-state index in [2.05, 4.69) is 15.4 Å². The van der Waals surface area contributed by atoms with Gasteiger partial charge in [0, 0.05) is 5.56 Å². The van der Waals surface area contributed by atoms with Crippen molar-refractivity contribution in [2.24, 2.45) is 0 Å². The summed E-state index contributed by atoms with van der Waals surface area (Å²) in [6.07, 6.45) is -0.310. The summed E-state index contributed by atoms with van der Waals surface area (Å²) < 4.78 is 17.7. The van der Waals surface area contributed by atoms with Gasteiger partial charge < -0.3 is 19.3 Å². The molecule has 0 aliphatic carbocycles. The molecule has 0 amide bonds. The summed E-state index contributed by atoms with van der Waals surface area (Å²) in [4.78, 5) is 1.56. The third kappa shape index (κ3) is 3.30. The van der Waals surface area contributed by atoms with Gasteiger partial charge in [-0.1, -0.05) is 30.3 Å². The van der Waals surface area contributed by atoms with E-state index in [1.807, 2.05) is 44.2 Å². The van der Waals surface area contributed by atoms with Crippen LogP contribution in [0.4, 0.5) is 0 Å². The number of ether oxygens (including phenoxy) is 3. The predicted octanol–water partition coefficient (Wildman–Crippen LogP) is 1.01. The van der Waals surface area contributed by atoms with Gasteiger partial charge in [-0.3, -0.25) is 0 Å². The first-order valence-electron chi connectivity index (χ1n) is 8.51. The number of benzene rings is 1. The number of nitrogens with zero attached hydrogens (tertiary/aromatic N) is 4. The zero-order chi connectivity index (χ0) is 17.4. The van der Waals surface area contributed by atoms with Gasteiger partial charge in [0.2, 0.25) is 5.82 Å². The standard InChI is InChI=1S/C17H22N4O4/c1-17(2)24-14-12(23-13(10-22)15(14)25-17)8-9-21-19-16(18-20-21)11-6-4-3-5-7-11/h3-7,12-15,22H,8-10H2,1-2H3/t12-,13+,14-,15+/m0/s1. The van der Waals surface area contributed by atoms with Gasteiger partial charge >= 0.3 is 0 Å². The third-order valence-electron chi connectivity index (χ3n) is 4.52. The predicted molar refractivity (Wildman–Crippen MR) is 87.4 cm³/mol. The van der Waals surface area contributed by atoms with Crippen LogP contribution in [0.2, 0.25) is 0 Å². The second-order valence-corrected chi connectivity index (χ2v) is 6.82. The fraction of sp³-hybridized carbons (Fsp3) is 0.588. The molecular formula is C17H22N4O4. The van der Waals surface area contributed by atoms with Gasteiger partial charge in [0.05, 0.1) is 19.3 Å². The Morgan fingerprint density at radius 2 is 1.84 bits per heavy atom. The fourth-order valence-corrected chi connectivity index (χ4v) is 3.43. The van der Waals surface area contributed by atoms with Gasteiger partial charge in [-0.15, -0.1) is 10.2 Å². The highest BCUT2D eigenvalue weighted by Gasteiger charge is 2.54. The SMILES string of the molecule is CC1(C)O[C@@H]2[C@H](O1)[C@@H](CO)O[C@H]2CCn1nnc(-c2ccccc2)n1. The molecule has 2 fully saturated rings. The maximum atomic E-state index is 9.52. The van der Waals surface area contributed by atoms with E-state index in [9.17, 15) is 5.11 Å². The maximum absolute atomic E-state index is 9.52. The number of aliphatic hydroxyl groups is 1. The summed E-state index contributed by atoms with van der Waals surface area (Å²) in [7, 11) is 0. The number of hydrogen-bond acceptors (Lipinski definition) is 7. The van der Waals surface area contributed by atoms with Crippen LogP contribution >= 0.6 is 0 Å². The molecule has 1 aromatic heterocycles. The van der Waals surface area contributed by atoms with E-state index < -0.39 is 5.79 Å². The maximum Gasteiger partial charge on any atom is 0.204 e. The Morgan fingerprint density at radius 1 is 1.12 bits per heavy atom. The molecule has 4 rings (SSSR count). The summed E-state index contributed by atoms with van der Waals surface area (Å²) in [5.41, 5.74) is 0.931. The van der Waals surface area contributed by atoms with E-state index in [-0.39, 0.29) is 31.0 Å². The number of tetrazole rings is 1. The van der Waals surface area contributed by atoms with Crippen molar-refractivity contribution in [2.45, 2.75) is 57.0 Å². The van der Waals surface area contributed by atoms with Crippen LogP contribution in [0.25, 0.3) is 11.4 Å². The van der Waals surface area contributed by atoms with Crippen molar-refractivity contribution in [3.8, 4) is 11.4 Å². The molecule has 134 valence electrons. The van der Waals surface area contributed by atoms with Crippen LogP contribution in [0, 0.1) is 0 Å². The first-order valence-corrected chi connectivity index (χ1v) is 8.51. The zero-order valence-corrected chi connectivity index (χ0v) is 14.3. The molecule has 2 aromatic rings. The van der Waals surface area contributed by atoms with Crippen LogP contribution < -0.4 is 0 Å². The lowest BCUT2D eigenvalue weighted by Crippen LogP contribution is -2.31. The third-order valence-corrected chi connectivity index (χ3v) is 4.52. The minimum absolute atomic E-state index is 0.0865. The molecule has 8 nitrogen and oxygen atoms in total. The molecule has 2 aliphatic rings. The Labute approximate surface area is 145 Å². The van der Waals surface area contributed by atoms with Crippen LogP contribution in [-0.2, 0) is 20.8 Å².